The fourth-order valence-electron chi connectivity index (χ4n) is 2.90. The molecule has 0 aromatic carbocycles. The standard InChI is InChI=1S/C13H23N3O2/c1-3-14-7-9-15(10-8-14)13(18)12-5-4-6-16(12)11(2)17/h12H,3-10H2,1-2H3. The van der Waals surface area contributed by atoms with Gasteiger partial charge in [-0.1, -0.05) is 6.92 Å². The lowest BCUT2D eigenvalue weighted by Crippen LogP contribution is -2.54. The molecule has 0 spiro atoms. The molecule has 0 aliphatic carbocycles. The van der Waals surface area contributed by atoms with E-state index >= 15 is 0 Å². The molecule has 2 aliphatic rings. The molecule has 18 heavy (non-hydrogen) atoms. The number of likely N-dealkylation sites (N-methyl/N-ethyl adjacent to an activating group) is 1. The molecule has 2 heterocycles. The molecule has 2 rings (SSSR count). The molecule has 1 unspecified atom stereocenters. The average molecular weight is 253 g/mol. The van der Waals surface area contributed by atoms with E-state index in [2.05, 4.69) is 11.8 Å². The monoisotopic (exact) mass is 253 g/mol. The Morgan fingerprint density at radius 3 is 2.33 bits per heavy atom. The second-order valence-electron chi connectivity index (χ2n) is 5.13. The van der Waals surface area contributed by atoms with E-state index in [0.29, 0.717) is 0 Å². The van der Waals surface area contributed by atoms with E-state index < -0.39 is 0 Å². The zero-order valence-corrected chi connectivity index (χ0v) is 11.4. The fraction of sp³-hybridized carbons (Fsp3) is 0.846. The lowest BCUT2D eigenvalue weighted by Gasteiger charge is -2.36. The van der Waals surface area contributed by atoms with Crippen LogP contribution in [0.1, 0.15) is 26.7 Å². The Bertz CT molecular complexity index is 324. The highest BCUT2D eigenvalue weighted by Crippen LogP contribution is 2.20. The minimum absolute atomic E-state index is 0.0260. The minimum atomic E-state index is -0.198. The van der Waals surface area contributed by atoms with Crippen molar-refractivity contribution >= 4 is 11.8 Å². The topological polar surface area (TPSA) is 43.9 Å². The van der Waals surface area contributed by atoms with Gasteiger partial charge in [0.15, 0.2) is 0 Å². The van der Waals surface area contributed by atoms with Gasteiger partial charge < -0.3 is 14.7 Å². The smallest absolute Gasteiger partial charge is 0.245 e. The van der Waals surface area contributed by atoms with Crippen molar-refractivity contribution in [3.8, 4) is 0 Å². The number of piperazine rings is 1. The van der Waals surface area contributed by atoms with Gasteiger partial charge in [0.05, 0.1) is 0 Å². The van der Waals surface area contributed by atoms with Gasteiger partial charge in [0.1, 0.15) is 6.04 Å². The van der Waals surface area contributed by atoms with Gasteiger partial charge in [-0.05, 0) is 19.4 Å². The Morgan fingerprint density at radius 1 is 1.11 bits per heavy atom. The second-order valence-corrected chi connectivity index (χ2v) is 5.13. The quantitative estimate of drug-likeness (QED) is 0.704. The van der Waals surface area contributed by atoms with Crippen LogP contribution in [0.4, 0.5) is 0 Å². The molecule has 2 saturated heterocycles. The Morgan fingerprint density at radius 2 is 1.78 bits per heavy atom. The highest BCUT2D eigenvalue weighted by atomic mass is 16.2. The zero-order valence-electron chi connectivity index (χ0n) is 11.4. The minimum Gasteiger partial charge on any atom is -0.338 e. The second kappa shape index (κ2) is 5.69. The summed E-state index contributed by atoms with van der Waals surface area (Å²) in [6, 6.07) is -0.198. The average Bonchev–Trinajstić information content (AvgIpc) is 2.87. The number of hydrogen-bond donors (Lipinski definition) is 0. The van der Waals surface area contributed by atoms with Crippen LogP contribution in [-0.2, 0) is 9.59 Å². The van der Waals surface area contributed by atoms with Crippen molar-refractivity contribution in [2.45, 2.75) is 32.7 Å². The molecule has 2 amide bonds. The van der Waals surface area contributed by atoms with Crippen molar-refractivity contribution in [2.75, 3.05) is 39.3 Å². The summed E-state index contributed by atoms with van der Waals surface area (Å²) in [7, 11) is 0. The number of likely N-dealkylation sites (tertiary alicyclic amines) is 1. The van der Waals surface area contributed by atoms with E-state index in [4.69, 9.17) is 0 Å². The van der Waals surface area contributed by atoms with E-state index in [9.17, 15) is 9.59 Å². The third kappa shape index (κ3) is 2.66. The largest absolute Gasteiger partial charge is 0.338 e. The maximum Gasteiger partial charge on any atom is 0.245 e. The van der Waals surface area contributed by atoms with Crippen LogP contribution in [0.3, 0.4) is 0 Å². The molecule has 5 nitrogen and oxygen atoms in total. The van der Waals surface area contributed by atoms with Crippen molar-refractivity contribution in [1.82, 2.24) is 14.7 Å². The Labute approximate surface area is 109 Å². The first-order valence-electron chi connectivity index (χ1n) is 6.92. The molecule has 0 N–H and O–H groups in total. The van der Waals surface area contributed by atoms with Crippen molar-refractivity contribution in [3.05, 3.63) is 0 Å². The predicted octanol–water partition coefficient (Wildman–Crippen LogP) is 0.161. The van der Waals surface area contributed by atoms with Crippen LogP contribution in [0.25, 0.3) is 0 Å². The first-order chi connectivity index (χ1) is 8.63. The molecule has 0 aromatic rings. The molecular formula is C13H23N3O2. The van der Waals surface area contributed by atoms with Gasteiger partial charge in [0.25, 0.3) is 0 Å². The van der Waals surface area contributed by atoms with E-state index in [1.54, 1.807) is 11.8 Å². The normalized spacial score (nSPS) is 25.6. The Balaban J connectivity index is 1.93. The Hall–Kier alpha value is -1.10. The number of carbonyl (C=O) groups excluding carboxylic acids is 2. The summed E-state index contributed by atoms with van der Waals surface area (Å²) in [5, 5.41) is 0. The first kappa shape index (κ1) is 13.3. The van der Waals surface area contributed by atoms with Crippen LogP contribution in [0, 0.1) is 0 Å². The van der Waals surface area contributed by atoms with Gasteiger partial charge in [-0.15, -0.1) is 0 Å². The van der Waals surface area contributed by atoms with Gasteiger partial charge in [-0.25, -0.2) is 0 Å². The van der Waals surface area contributed by atoms with Gasteiger partial charge in [-0.2, -0.15) is 0 Å². The SMILES string of the molecule is CCN1CCN(C(=O)C2CCCN2C(C)=O)CC1. The van der Waals surface area contributed by atoms with Crippen molar-refractivity contribution < 1.29 is 9.59 Å². The van der Waals surface area contributed by atoms with Crippen LogP contribution >= 0.6 is 0 Å². The number of nitrogens with zero attached hydrogens (tertiary/aromatic N) is 3. The summed E-state index contributed by atoms with van der Waals surface area (Å²) >= 11 is 0. The number of hydrogen-bond acceptors (Lipinski definition) is 3. The molecule has 2 fully saturated rings. The lowest BCUT2D eigenvalue weighted by atomic mass is 10.1. The third-order valence-corrected chi connectivity index (χ3v) is 4.07. The van der Waals surface area contributed by atoms with E-state index in [-0.39, 0.29) is 17.9 Å². The van der Waals surface area contributed by atoms with Crippen LogP contribution in [-0.4, -0.2) is 71.8 Å². The van der Waals surface area contributed by atoms with Crippen LogP contribution in [0.5, 0.6) is 0 Å². The summed E-state index contributed by atoms with van der Waals surface area (Å²) in [5.41, 5.74) is 0. The molecular weight excluding hydrogens is 230 g/mol. The van der Waals surface area contributed by atoms with Crippen LogP contribution < -0.4 is 0 Å². The van der Waals surface area contributed by atoms with E-state index in [0.717, 1.165) is 52.1 Å². The summed E-state index contributed by atoms with van der Waals surface area (Å²) < 4.78 is 0. The van der Waals surface area contributed by atoms with E-state index in [1.165, 1.54) is 0 Å². The third-order valence-electron chi connectivity index (χ3n) is 4.07. The summed E-state index contributed by atoms with van der Waals surface area (Å²) in [6.45, 7) is 8.99. The molecule has 0 radical (unpaired) electrons. The maximum atomic E-state index is 12.4. The van der Waals surface area contributed by atoms with Crippen molar-refractivity contribution in [3.63, 3.8) is 0 Å². The number of carbonyl (C=O) groups is 2. The molecule has 0 aromatic heterocycles. The highest BCUT2D eigenvalue weighted by Gasteiger charge is 2.35. The van der Waals surface area contributed by atoms with Gasteiger partial charge >= 0.3 is 0 Å². The summed E-state index contributed by atoms with van der Waals surface area (Å²) in [5.74, 6) is 0.177. The van der Waals surface area contributed by atoms with Crippen LogP contribution in [0.2, 0.25) is 0 Å². The summed E-state index contributed by atoms with van der Waals surface area (Å²) in [4.78, 5) is 29.9. The lowest BCUT2D eigenvalue weighted by molar-refractivity contribution is -0.144. The molecule has 102 valence electrons. The maximum absolute atomic E-state index is 12.4. The molecule has 2 aliphatic heterocycles. The van der Waals surface area contributed by atoms with Crippen molar-refractivity contribution in [1.29, 1.82) is 0 Å². The van der Waals surface area contributed by atoms with Gasteiger partial charge in [-0.3, -0.25) is 9.59 Å². The van der Waals surface area contributed by atoms with E-state index in [1.807, 2.05) is 4.90 Å². The summed E-state index contributed by atoms with van der Waals surface area (Å²) in [6.07, 6.45) is 1.78. The van der Waals surface area contributed by atoms with Crippen LogP contribution in [0.15, 0.2) is 0 Å². The van der Waals surface area contributed by atoms with Gasteiger partial charge in [0, 0.05) is 39.6 Å². The fourth-order valence-corrected chi connectivity index (χ4v) is 2.90. The number of amides is 2. The Kier molecular flexibility index (Phi) is 4.22. The molecule has 0 bridgehead atoms. The van der Waals surface area contributed by atoms with Crippen molar-refractivity contribution in [2.24, 2.45) is 0 Å². The molecule has 0 saturated carbocycles. The zero-order chi connectivity index (χ0) is 13.1. The first-order valence-corrected chi connectivity index (χ1v) is 6.92. The number of rotatable bonds is 2. The predicted molar refractivity (Wildman–Crippen MR) is 69.1 cm³/mol. The molecule has 5 heteroatoms. The highest BCUT2D eigenvalue weighted by molar-refractivity contribution is 5.87. The van der Waals surface area contributed by atoms with Gasteiger partial charge in [0.2, 0.25) is 11.8 Å². The molecule has 1 atom stereocenters.